The van der Waals surface area contributed by atoms with Gasteiger partial charge in [-0.15, -0.1) is 0 Å². The first kappa shape index (κ1) is 18.8. The van der Waals surface area contributed by atoms with E-state index < -0.39 is 78.6 Å². The highest BCUT2D eigenvalue weighted by atomic mass is 15.1. The molecule has 0 bridgehead atoms. The van der Waals surface area contributed by atoms with Crippen LogP contribution < -0.4 is 0 Å². The molecule has 1 aromatic heterocycles. The fraction of sp³-hybridized carbons (Fsp3) is 0. The van der Waals surface area contributed by atoms with E-state index in [1.165, 1.54) is 12.1 Å². The average molecular weight is 662 g/mol. The minimum Gasteiger partial charge on any atom is -0.292 e. The number of imidazole rings is 1. The van der Waals surface area contributed by atoms with E-state index in [4.69, 9.17) is 17.3 Å². The zero-order valence-electron chi connectivity index (χ0n) is 39.9. The third-order valence-corrected chi connectivity index (χ3v) is 9.34. The number of aromatic nitrogens is 2. The second-order valence-corrected chi connectivity index (χ2v) is 12.2. The number of benzene rings is 9. The molecule has 0 saturated carbocycles. The molecule has 10 aromatic rings. The van der Waals surface area contributed by atoms with Crippen LogP contribution in [0.4, 0.5) is 0 Å². The largest absolute Gasteiger partial charge is 0.292 e. The highest BCUT2D eigenvalue weighted by Gasteiger charge is 2.19. The van der Waals surface area contributed by atoms with Gasteiger partial charge in [0, 0.05) is 10.9 Å². The zero-order chi connectivity index (χ0) is 45.0. The fourth-order valence-electron chi connectivity index (χ4n) is 7.05. The summed E-state index contributed by atoms with van der Waals surface area (Å²) in [5.74, 6) is 0.644. The van der Waals surface area contributed by atoms with E-state index >= 15 is 0 Å². The SMILES string of the molecule is [2H]c1c([2H])c([2H])c(-c2ccc(-c3c4c([2H])c([2H])c([2H])c([2H])c4c(-c4ccc(-c5nc6ccccc6n5-c5cccc6ccccc56)cc4)c4c([2H])c([2H])c([2H])c([2H])c34)cc2)c([2H])c1[2H]. The van der Waals surface area contributed by atoms with Crippen LogP contribution in [0.3, 0.4) is 0 Å². The van der Waals surface area contributed by atoms with E-state index in [9.17, 15) is 5.48 Å². The topological polar surface area (TPSA) is 17.8 Å². The quantitative estimate of drug-likeness (QED) is 0.168. The summed E-state index contributed by atoms with van der Waals surface area (Å²) >= 11 is 0. The van der Waals surface area contributed by atoms with E-state index in [0.717, 1.165) is 33.1 Å². The Morgan fingerprint density at radius 2 is 0.902 bits per heavy atom. The first-order valence-corrected chi connectivity index (χ1v) is 16.4. The van der Waals surface area contributed by atoms with Crippen LogP contribution in [0.1, 0.15) is 17.8 Å². The van der Waals surface area contributed by atoms with Gasteiger partial charge in [-0.1, -0.05) is 176 Å². The first-order chi connectivity index (χ1) is 30.7. The van der Waals surface area contributed by atoms with Gasteiger partial charge in [0.1, 0.15) is 5.82 Å². The second kappa shape index (κ2) is 12.0. The maximum atomic E-state index is 9.36. The van der Waals surface area contributed by atoms with Crippen molar-refractivity contribution in [3.05, 3.63) is 194 Å². The lowest BCUT2D eigenvalue weighted by Gasteiger charge is -2.18. The summed E-state index contributed by atoms with van der Waals surface area (Å²) in [6.07, 6.45) is 0. The molecule has 238 valence electrons. The Hall–Kier alpha value is -6.77. The standard InChI is InChI=1S/C49H32N2/c1-2-13-33(14-3-1)34-25-27-36(28-26-34)47-40-18-6-8-20-42(40)48(43-21-9-7-19-41(43)47)37-29-31-38(32-30-37)49-50-44-22-10-11-23-46(44)51(49)45-24-12-16-35-15-4-5-17-39(35)45/h1-32H/i1D,2D,3D,6D,7D,8D,9D,13D,14D,18D,19D,20D,21D. The van der Waals surface area contributed by atoms with Gasteiger partial charge in [-0.25, -0.2) is 4.98 Å². The predicted molar refractivity (Wildman–Crippen MR) is 215 cm³/mol. The summed E-state index contributed by atoms with van der Waals surface area (Å²) in [4.78, 5) is 5.07. The van der Waals surface area contributed by atoms with Crippen LogP contribution in [0.25, 0.3) is 93.8 Å². The van der Waals surface area contributed by atoms with Crippen LogP contribution in [0.5, 0.6) is 0 Å². The summed E-state index contributed by atoms with van der Waals surface area (Å²) in [5.41, 5.74) is 4.62. The van der Waals surface area contributed by atoms with Crippen molar-refractivity contribution in [1.82, 2.24) is 9.55 Å². The Kier molecular flexibility index (Phi) is 4.43. The van der Waals surface area contributed by atoms with Crippen LogP contribution >= 0.6 is 0 Å². The van der Waals surface area contributed by atoms with Gasteiger partial charge in [-0.3, -0.25) is 4.57 Å². The molecular weight excluding hydrogens is 617 g/mol. The van der Waals surface area contributed by atoms with Gasteiger partial charge >= 0.3 is 0 Å². The fourth-order valence-corrected chi connectivity index (χ4v) is 7.05. The average Bonchev–Trinajstić information content (AvgIpc) is 3.71. The molecule has 0 unspecified atom stereocenters. The minimum absolute atomic E-state index is 0.0240. The number of para-hydroxylation sites is 2. The van der Waals surface area contributed by atoms with Crippen molar-refractivity contribution in [1.29, 1.82) is 0 Å². The smallest absolute Gasteiger partial charge is 0.145 e. The molecule has 9 aromatic carbocycles. The molecule has 10 rings (SSSR count). The van der Waals surface area contributed by atoms with Crippen LogP contribution in [0.2, 0.25) is 0 Å². The van der Waals surface area contributed by atoms with Crippen molar-refractivity contribution in [3.8, 4) is 50.5 Å². The van der Waals surface area contributed by atoms with Crippen molar-refractivity contribution in [2.24, 2.45) is 0 Å². The van der Waals surface area contributed by atoms with E-state index in [-0.39, 0.29) is 43.8 Å². The van der Waals surface area contributed by atoms with Crippen molar-refractivity contribution in [2.75, 3.05) is 0 Å². The molecule has 0 atom stereocenters. The third-order valence-electron chi connectivity index (χ3n) is 9.34. The Labute approximate surface area is 314 Å². The normalized spacial score (nSPS) is 15.1. The molecule has 0 amide bonds. The van der Waals surface area contributed by atoms with E-state index in [1.807, 2.05) is 60.7 Å². The van der Waals surface area contributed by atoms with E-state index in [2.05, 4.69) is 22.8 Å². The highest BCUT2D eigenvalue weighted by Crippen LogP contribution is 2.44. The second-order valence-electron chi connectivity index (χ2n) is 12.2. The molecule has 0 saturated heterocycles. The van der Waals surface area contributed by atoms with Crippen molar-refractivity contribution < 1.29 is 17.8 Å². The monoisotopic (exact) mass is 661 g/mol. The molecule has 0 aliphatic heterocycles. The number of fused-ring (bicyclic) bond motifs is 4. The van der Waals surface area contributed by atoms with E-state index in [1.54, 1.807) is 24.3 Å². The minimum atomic E-state index is -0.539. The molecule has 2 heteroatoms. The van der Waals surface area contributed by atoms with Crippen LogP contribution in [-0.4, -0.2) is 9.55 Å². The van der Waals surface area contributed by atoms with Gasteiger partial charge in [-0.05, 0) is 78.5 Å². The Balaban J connectivity index is 1.25. The van der Waals surface area contributed by atoms with Gasteiger partial charge in [0.05, 0.1) is 34.5 Å². The third kappa shape index (κ3) is 4.84. The Bertz CT molecular complexity index is 3520. The van der Waals surface area contributed by atoms with Crippen molar-refractivity contribution in [3.63, 3.8) is 0 Å². The molecule has 51 heavy (non-hydrogen) atoms. The molecule has 0 spiro atoms. The van der Waals surface area contributed by atoms with Gasteiger partial charge in [0.15, 0.2) is 0 Å². The summed E-state index contributed by atoms with van der Waals surface area (Å²) in [7, 11) is 0. The summed E-state index contributed by atoms with van der Waals surface area (Å²) in [5, 5.41) is 2.22. The first-order valence-electron chi connectivity index (χ1n) is 22.9. The summed E-state index contributed by atoms with van der Waals surface area (Å²) in [6.45, 7) is 0. The molecule has 0 fully saturated rings. The highest BCUT2D eigenvalue weighted by molar-refractivity contribution is 6.21. The van der Waals surface area contributed by atoms with Gasteiger partial charge < -0.3 is 0 Å². The lowest BCUT2D eigenvalue weighted by atomic mass is 9.85. The maximum absolute atomic E-state index is 9.36. The summed E-state index contributed by atoms with van der Waals surface area (Å²) < 4.78 is 116. The number of rotatable bonds is 5. The van der Waals surface area contributed by atoms with Gasteiger partial charge in [0.25, 0.3) is 0 Å². The van der Waals surface area contributed by atoms with Crippen molar-refractivity contribution >= 4 is 43.4 Å². The lowest BCUT2D eigenvalue weighted by Crippen LogP contribution is -1.98. The molecule has 0 aliphatic rings. The molecular formula is C49H32N2. The van der Waals surface area contributed by atoms with Crippen LogP contribution in [0, 0.1) is 0 Å². The molecule has 0 aliphatic carbocycles. The number of nitrogens with zero attached hydrogens (tertiary/aromatic N) is 2. The predicted octanol–water partition coefficient (Wildman–Crippen LogP) is 13.2. The van der Waals surface area contributed by atoms with Gasteiger partial charge in [-0.2, -0.15) is 0 Å². The molecule has 2 nitrogen and oxygen atoms in total. The number of hydrogen-bond donors (Lipinski definition) is 0. The molecule has 0 N–H and O–H groups in total. The molecule has 0 radical (unpaired) electrons. The van der Waals surface area contributed by atoms with Crippen LogP contribution in [0.15, 0.2) is 194 Å². The van der Waals surface area contributed by atoms with Crippen molar-refractivity contribution in [2.45, 2.75) is 0 Å². The molecule has 1 heterocycles. The van der Waals surface area contributed by atoms with E-state index in [0.29, 0.717) is 17.0 Å². The van der Waals surface area contributed by atoms with Crippen LogP contribution in [-0.2, 0) is 0 Å². The zero-order valence-corrected chi connectivity index (χ0v) is 26.9. The summed E-state index contributed by atoms with van der Waals surface area (Å²) in [6, 6.07) is 29.3. The Morgan fingerprint density at radius 3 is 1.55 bits per heavy atom. The Morgan fingerprint density at radius 1 is 0.392 bits per heavy atom. The maximum Gasteiger partial charge on any atom is 0.145 e. The lowest BCUT2D eigenvalue weighted by molar-refractivity contribution is 1.11. The van der Waals surface area contributed by atoms with Gasteiger partial charge in [0.2, 0.25) is 0 Å². The number of hydrogen-bond acceptors (Lipinski definition) is 1.